The number of carbonyl (C=O) groups is 3. The predicted octanol–water partition coefficient (Wildman–Crippen LogP) is 2.50. The van der Waals surface area contributed by atoms with Crippen LogP contribution in [0.5, 0.6) is 0 Å². The molecule has 12 heteroatoms. The third-order valence-electron chi connectivity index (χ3n) is 4.86. The molecule has 0 atom stereocenters. The van der Waals surface area contributed by atoms with E-state index in [-0.39, 0.29) is 40.0 Å². The molecule has 1 aromatic carbocycles. The first-order valence-electron chi connectivity index (χ1n) is 9.48. The monoisotopic (exact) mass is 503 g/mol. The van der Waals surface area contributed by atoms with E-state index >= 15 is 0 Å². The molecule has 1 aliphatic rings. The number of aromatic nitrogens is 1. The van der Waals surface area contributed by atoms with Gasteiger partial charge in [-0.3, -0.25) is 14.4 Å². The highest BCUT2D eigenvalue weighted by molar-refractivity contribution is 7.11. The summed E-state index contributed by atoms with van der Waals surface area (Å²) in [4.78, 5) is 37.8. The van der Waals surface area contributed by atoms with Gasteiger partial charge in [-0.05, 0) is 61.7 Å². The van der Waals surface area contributed by atoms with Crippen molar-refractivity contribution >= 4 is 64.1 Å². The number of hydrogen-bond acceptors (Lipinski definition) is 6. The van der Waals surface area contributed by atoms with Crippen LogP contribution in [0.3, 0.4) is 0 Å². The Morgan fingerprint density at radius 1 is 1.00 bits per heavy atom. The molecule has 8 nitrogen and oxygen atoms in total. The van der Waals surface area contributed by atoms with Gasteiger partial charge in [0.2, 0.25) is 5.91 Å². The van der Waals surface area contributed by atoms with E-state index in [1.807, 2.05) is 0 Å². The van der Waals surface area contributed by atoms with Crippen molar-refractivity contribution in [1.82, 2.24) is 25.6 Å². The fraction of sp³-hybridized carbons (Fsp3) is 0.368. The largest absolute Gasteiger partial charge is 0.352 e. The molecule has 1 aliphatic heterocycles. The normalized spacial score (nSPS) is 15.2. The van der Waals surface area contributed by atoms with Crippen LogP contribution in [0.1, 0.15) is 33.7 Å². The maximum Gasteiger partial charge on any atom is 0.273 e. The average molecular weight is 505 g/mol. The van der Waals surface area contributed by atoms with Crippen LogP contribution >= 0.6 is 46.3 Å². The summed E-state index contributed by atoms with van der Waals surface area (Å²) in [5.41, 5.74) is -0.642. The Morgan fingerprint density at radius 2 is 1.65 bits per heavy atom. The van der Waals surface area contributed by atoms with Crippen molar-refractivity contribution in [3.05, 3.63) is 49.9 Å². The van der Waals surface area contributed by atoms with E-state index in [1.165, 1.54) is 0 Å². The van der Waals surface area contributed by atoms with E-state index in [0.717, 1.165) is 11.5 Å². The summed E-state index contributed by atoms with van der Waals surface area (Å²) in [5.74, 6) is -1.16. The van der Waals surface area contributed by atoms with Crippen LogP contribution < -0.4 is 21.3 Å². The minimum absolute atomic E-state index is 0.00222. The predicted molar refractivity (Wildman–Crippen MR) is 121 cm³/mol. The first-order chi connectivity index (χ1) is 14.8. The smallest absolute Gasteiger partial charge is 0.273 e. The van der Waals surface area contributed by atoms with E-state index in [2.05, 4.69) is 25.6 Å². The van der Waals surface area contributed by atoms with Gasteiger partial charge in [-0.25, -0.2) is 0 Å². The zero-order valence-electron chi connectivity index (χ0n) is 16.3. The Kier molecular flexibility index (Phi) is 8.12. The highest BCUT2D eigenvalue weighted by Gasteiger charge is 2.41. The Bertz CT molecular complexity index is 961. The second-order valence-electron chi connectivity index (χ2n) is 6.92. The van der Waals surface area contributed by atoms with Gasteiger partial charge in [0, 0.05) is 23.7 Å². The van der Waals surface area contributed by atoms with Gasteiger partial charge in [0.1, 0.15) is 14.9 Å². The molecular weight excluding hydrogens is 485 g/mol. The minimum atomic E-state index is -1.11. The molecule has 0 spiro atoms. The zero-order valence-corrected chi connectivity index (χ0v) is 19.4. The Balaban J connectivity index is 1.57. The topological polar surface area (TPSA) is 112 Å². The van der Waals surface area contributed by atoms with Gasteiger partial charge in [0.05, 0.1) is 0 Å². The van der Waals surface area contributed by atoms with Crippen molar-refractivity contribution < 1.29 is 14.4 Å². The van der Waals surface area contributed by atoms with E-state index < -0.39 is 11.4 Å². The lowest BCUT2D eigenvalue weighted by Crippen LogP contribution is -2.63. The number of carbonyl (C=O) groups excluding carboxylic acids is 3. The van der Waals surface area contributed by atoms with Crippen LogP contribution in [-0.2, 0) is 4.79 Å². The number of halogens is 3. The van der Waals surface area contributed by atoms with E-state index in [4.69, 9.17) is 34.8 Å². The molecular formula is C19H20Cl3N5O3S. The maximum absolute atomic E-state index is 13.0. The van der Waals surface area contributed by atoms with Gasteiger partial charge in [0.25, 0.3) is 11.8 Å². The lowest BCUT2D eigenvalue weighted by atomic mass is 9.87. The minimum Gasteiger partial charge on any atom is -0.352 e. The van der Waals surface area contributed by atoms with Gasteiger partial charge in [-0.1, -0.05) is 34.8 Å². The van der Waals surface area contributed by atoms with Crippen molar-refractivity contribution in [2.75, 3.05) is 26.2 Å². The zero-order chi connectivity index (χ0) is 22.4. The average Bonchev–Trinajstić information content (AvgIpc) is 3.10. The van der Waals surface area contributed by atoms with E-state index in [1.54, 1.807) is 24.3 Å². The fourth-order valence-corrected chi connectivity index (χ4v) is 4.29. The molecule has 0 radical (unpaired) electrons. The second kappa shape index (κ2) is 10.6. The van der Waals surface area contributed by atoms with Crippen molar-refractivity contribution in [2.45, 2.75) is 18.4 Å². The Labute approximate surface area is 198 Å². The maximum atomic E-state index is 13.0. The van der Waals surface area contributed by atoms with E-state index in [9.17, 15) is 14.4 Å². The van der Waals surface area contributed by atoms with Crippen LogP contribution in [0.4, 0.5) is 0 Å². The van der Waals surface area contributed by atoms with Crippen LogP contribution in [-0.4, -0.2) is 53.8 Å². The number of nitrogens with one attached hydrogen (secondary N) is 4. The SMILES string of the molecule is O=C(NCCNC(=O)C1(NC(=O)c2nsc(Cl)c2Cl)CCNCC1)c1ccc(Cl)cc1. The summed E-state index contributed by atoms with van der Waals surface area (Å²) in [5, 5.41) is 12.1. The van der Waals surface area contributed by atoms with Gasteiger partial charge >= 0.3 is 0 Å². The molecule has 0 saturated carbocycles. The highest BCUT2D eigenvalue weighted by Crippen LogP contribution is 2.30. The summed E-state index contributed by atoms with van der Waals surface area (Å²) < 4.78 is 4.18. The van der Waals surface area contributed by atoms with Crippen LogP contribution in [0.25, 0.3) is 0 Å². The Morgan fingerprint density at radius 3 is 2.26 bits per heavy atom. The lowest BCUT2D eigenvalue weighted by Gasteiger charge is -2.36. The van der Waals surface area contributed by atoms with Crippen molar-refractivity contribution in [1.29, 1.82) is 0 Å². The number of hydrogen-bond donors (Lipinski definition) is 4. The molecule has 3 amide bonds. The summed E-state index contributed by atoms with van der Waals surface area (Å²) >= 11 is 18.6. The number of piperidine rings is 1. The van der Waals surface area contributed by atoms with Gasteiger partial charge in [-0.2, -0.15) is 4.37 Å². The van der Waals surface area contributed by atoms with Crippen molar-refractivity contribution in [3.63, 3.8) is 0 Å². The van der Waals surface area contributed by atoms with Crippen LogP contribution in [0.15, 0.2) is 24.3 Å². The third kappa shape index (κ3) is 5.87. The standard InChI is InChI=1S/C19H20Cl3N5O3S/c20-12-3-1-11(2-4-12)16(28)24-9-10-25-18(30)19(5-7-23-8-6-19)26-17(29)14-13(21)15(22)31-27-14/h1-4,23H,5-10H2,(H,24,28)(H,25,30)(H,26,29). The molecule has 4 N–H and O–H groups in total. The Hall–Kier alpha value is -1.91. The molecule has 31 heavy (non-hydrogen) atoms. The summed E-state index contributed by atoms with van der Waals surface area (Å²) in [6.45, 7) is 1.55. The van der Waals surface area contributed by atoms with Crippen LogP contribution in [0, 0.1) is 0 Å². The van der Waals surface area contributed by atoms with E-state index in [0.29, 0.717) is 36.5 Å². The molecule has 2 aromatic rings. The molecule has 0 bridgehead atoms. The van der Waals surface area contributed by atoms with Crippen molar-refractivity contribution in [3.8, 4) is 0 Å². The quantitative estimate of drug-likeness (QED) is 0.433. The molecule has 3 rings (SSSR count). The number of benzene rings is 1. The molecule has 2 heterocycles. The fourth-order valence-electron chi connectivity index (χ4n) is 3.16. The molecule has 166 valence electrons. The number of amides is 3. The van der Waals surface area contributed by atoms with Crippen molar-refractivity contribution in [2.24, 2.45) is 0 Å². The second-order valence-corrected chi connectivity index (χ2v) is 9.11. The molecule has 1 fully saturated rings. The molecule has 0 aliphatic carbocycles. The van der Waals surface area contributed by atoms with Gasteiger partial charge < -0.3 is 21.3 Å². The van der Waals surface area contributed by atoms with Crippen LogP contribution in [0.2, 0.25) is 14.4 Å². The third-order valence-corrected chi connectivity index (χ3v) is 6.72. The van der Waals surface area contributed by atoms with Gasteiger partial charge in [-0.15, -0.1) is 0 Å². The molecule has 1 saturated heterocycles. The number of nitrogens with zero attached hydrogens (tertiary/aromatic N) is 1. The first-order valence-corrected chi connectivity index (χ1v) is 11.4. The number of rotatable bonds is 7. The highest BCUT2D eigenvalue weighted by atomic mass is 35.5. The molecule has 1 aromatic heterocycles. The molecule has 0 unspecified atom stereocenters. The lowest BCUT2D eigenvalue weighted by molar-refractivity contribution is -0.128. The van der Waals surface area contributed by atoms with Gasteiger partial charge in [0.15, 0.2) is 5.69 Å². The first kappa shape index (κ1) is 23.7. The summed E-state index contributed by atoms with van der Waals surface area (Å²) in [6, 6.07) is 6.49. The summed E-state index contributed by atoms with van der Waals surface area (Å²) in [7, 11) is 0. The summed E-state index contributed by atoms with van der Waals surface area (Å²) in [6.07, 6.45) is 0.800.